The fraction of sp³-hybridized carbons (Fsp3) is 0.500. The van der Waals surface area contributed by atoms with Crippen molar-refractivity contribution in [1.82, 2.24) is 9.88 Å². The van der Waals surface area contributed by atoms with Crippen molar-refractivity contribution in [3.05, 3.63) is 63.8 Å². The number of carbonyl (C=O) groups excluding carboxylic acids is 2. The highest BCUT2D eigenvalue weighted by atomic mass is 35.5. The summed E-state index contributed by atoms with van der Waals surface area (Å²) in [4.78, 5) is 33.6. The molecule has 3 aromatic rings. The zero-order chi connectivity index (χ0) is 26.6. The SMILES string of the molecule is COc1ccc2[nH]c(C)c(CC(=O)N(CC3CCCCC3)C3CCCCC3)c2c1C(=O)c1ccc(Cl)cc1. The van der Waals surface area contributed by atoms with Crippen LogP contribution >= 0.6 is 11.6 Å². The van der Waals surface area contributed by atoms with Crippen molar-refractivity contribution in [2.24, 2.45) is 5.92 Å². The largest absolute Gasteiger partial charge is 0.496 e. The molecule has 5 rings (SSSR count). The molecule has 2 fully saturated rings. The average molecular weight is 535 g/mol. The zero-order valence-electron chi connectivity index (χ0n) is 22.7. The Morgan fingerprint density at radius 3 is 2.26 bits per heavy atom. The fourth-order valence-electron chi connectivity index (χ4n) is 6.58. The third kappa shape index (κ3) is 5.63. The van der Waals surface area contributed by atoms with Crippen LogP contribution in [-0.2, 0) is 11.2 Å². The van der Waals surface area contributed by atoms with E-state index in [0.717, 1.165) is 41.5 Å². The fourth-order valence-corrected chi connectivity index (χ4v) is 6.70. The predicted molar refractivity (Wildman–Crippen MR) is 153 cm³/mol. The topological polar surface area (TPSA) is 62.4 Å². The van der Waals surface area contributed by atoms with E-state index in [-0.39, 0.29) is 18.1 Å². The summed E-state index contributed by atoms with van der Waals surface area (Å²) in [7, 11) is 1.58. The number of halogens is 1. The number of aromatic nitrogens is 1. The number of benzene rings is 2. The Morgan fingerprint density at radius 2 is 1.61 bits per heavy atom. The smallest absolute Gasteiger partial charge is 0.227 e. The van der Waals surface area contributed by atoms with Crippen LogP contribution in [0.3, 0.4) is 0 Å². The monoisotopic (exact) mass is 534 g/mol. The van der Waals surface area contributed by atoms with Gasteiger partial charge in [-0.2, -0.15) is 0 Å². The van der Waals surface area contributed by atoms with Crippen LogP contribution in [0.4, 0.5) is 0 Å². The molecule has 2 aliphatic carbocycles. The number of H-pyrrole nitrogens is 1. The van der Waals surface area contributed by atoms with Gasteiger partial charge in [0.25, 0.3) is 0 Å². The molecule has 0 atom stereocenters. The van der Waals surface area contributed by atoms with Crippen LogP contribution in [0.25, 0.3) is 10.9 Å². The molecule has 38 heavy (non-hydrogen) atoms. The third-order valence-corrected chi connectivity index (χ3v) is 8.89. The van der Waals surface area contributed by atoms with Gasteiger partial charge in [0.05, 0.1) is 19.1 Å². The predicted octanol–water partition coefficient (Wildman–Crippen LogP) is 7.65. The first-order valence-electron chi connectivity index (χ1n) is 14.2. The lowest BCUT2D eigenvalue weighted by molar-refractivity contribution is -0.134. The van der Waals surface area contributed by atoms with Crippen LogP contribution in [0.5, 0.6) is 5.75 Å². The second kappa shape index (κ2) is 11.9. The maximum absolute atomic E-state index is 14.1. The quantitative estimate of drug-likeness (QED) is 0.302. The van der Waals surface area contributed by atoms with Crippen LogP contribution in [-0.4, -0.2) is 41.3 Å². The Balaban J connectivity index is 1.52. The van der Waals surface area contributed by atoms with Gasteiger partial charge in [-0.05, 0) is 80.5 Å². The minimum absolute atomic E-state index is 0.136. The first-order chi connectivity index (χ1) is 18.5. The van der Waals surface area contributed by atoms with Crippen LogP contribution in [0.2, 0.25) is 5.02 Å². The number of fused-ring (bicyclic) bond motifs is 1. The van der Waals surface area contributed by atoms with Gasteiger partial charge in [0, 0.05) is 39.8 Å². The average Bonchev–Trinajstić information content (AvgIpc) is 3.26. The lowest BCUT2D eigenvalue weighted by atomic mass is 9.87. The number of methoxy groups -OCH3 is 1. The highest BCUT2D eigenvalue weighted by molar-refractivity contribution is 6.30. The van der Waals surface area contributed by atoms with Gasteiger partial charge in [-0.15, -0.1) is 0 Å². The molecule has 0 unspecified atom stereocenters. The Hall–Kier alpha value is -2.79. The van der Waals surface area contributed by atoms with E-state index in [1.807, 2.05) is 19.1 Å². The van der Waals surface area contributed by atoms with Gasteiger partial charge in [0.2, 0.25) is 5.91 Å². The molecule has 2 aliphatic rings. The number of hydrogen-bond donors (Lipinski definition) is 1. The van der Waals surface area contributed by atoms with E-state index in [2.05, 4.69) is 9.88 Å². The zero-order valence-corrected chi connectivity index (χ0v) is 23.4. The number of aryl methyl sites for hydroxylation is 1. The van der Waals surface area contributed by atoms with Crippen molar-refractivity contribution in [2.75, 3.05) is 13.7 Å². The molecule has 0 radical (unpaired) electrons. The van der Waals surface area contributed by atoms with Crippen molar-refractivity contribution in [1.29, 1.82) is 0 Å². The van der Waals surface area contributed by atoms with E-state index in [0.29, 0.717) is 33.9 Å². The number of aromatic amines is 1. The van der Waals surface area contributed by atoms with Gasteiger partial charge in [-0.1, -0.05) is 50.1 Å². The second-order valence-corrected chi connectivity index (χ2v) is 11.6. The molecule has 0 aliphatic heterocycles. The number of ether oxygens (including phenoxy) is 1. The van der Waals surface area contributed by atoms with E-state index >= 15 is 0 Å². The number of rotatable bonds is 8. The normalized spacial score (nSPS) is 17.0. The number of ketones is 1. The Morgan fingerprint density at radius 1 is 0.947 bits per heavy atom. The Bertz CT molecular complexity index is 1280. The molecule has 5 nitrogen and oxygen atoms in total. The van der Waals surface area contributed by atoms with Crippen molar-refractivity contribution < 1.29 is 14.3 Å². The molecule has 1 amide bonds. The number of amides is 1. The van der Waals surface area contributed by atoms with Gasteiger partial charge in [0.15, 0.2) is 5.78 Å². The molecule has 0 bridgehead atoms. The van der Waals surface area contributed by atoms with Crippen LogP contribution in [0.1, 0.15) is 91.4 Å². The number of hydrogen-bond acceptors (Lipinski definition) is 3. The van der Waals surface area contributed by atoms with E-state index < -0.39 is 0 Å². The lowest BCUT2D eigenvalue weighted by Gasteiger charge is -2.38. The van der Waals surface area contributed by atoms with Crippen molar-refractivity contribution in [3.8, 4) is 5.75 Å². The van der Waals surface area contributed by atoms with E-state index in [9.17, 15) is 9.59 Å². The summed E-state index contributed by atoms with van der Waals surface area (Å²) < 4.78 is 5.68. The number of nitrogens with one attached hydrogen (secondary N) is 1. The van der Waals surface area contributed by atoms with Crippen LogP contribution in [0.15, 0.2) is 36.4 Å². The van der Waals surface area contributed by atoms with E-state index in [1.54, 1.807) is 31.4 Å². The van der Waals surface area contributed by atoms with Crippen molar-refractivity contribution in [2.45, 2.75) is 83.6 Å². The molecule has 0 spiro atoms. The summed E-state index contributed by atoms with van der Waals surface area (Å²) >= 11 is 6.08. The summed E-state index contributed by atoms with van der Waals surface area (Å²) in [5, 5.41) is 1.37. The van der Waals surface area contributed by atoms with Gasteiger partial charge in [0.1, 0.15) is 5.75 Å². The molecule has 6 heteroatoms. The second-order valence-electron chi connectivity index (χ2n) is 11.1. The van der Waals surface area contributed by atoms with Gasteiger partial charge in [-0.25, -0.2) is 0 Å². The first-order valence-corrected chi connectivity index (χ1v) is 14.6. The maximum Gasteiger partial charge on any atom is 0.227 e. The highest BCUT2D eigenvalue weighted by Gasteiger charge is 2.30. The molecule has 1 heterocycles. The third-order valence-electron chi connectivity index (χ3n) is 8.64. The highest BCUT2D eigenvalue weighted by Crippen LogP contribution is 2.36. The number of nitrogens with zero attached hydrogens (tertiary/aromatic N) is 1. The molecule has 0 saturated heterocycles. The molecule has 202 valence electrons. The number of carbonyl (C=O) groups is 2. The summed E-state index contributed by atoms with van der Waals surface area (Å²) in [6.07, 6.45) is 12.4. The Labute approximate surface area is 230 Å². The molecule has 1 aromatic heterocycles. The molecule has 2 saturated carbocycles. The van der Waals surface area contributed by atoms with Crippen molar-refractivity contribution >= 4 is 34.2 Å². The lowest BCUT2D eigenvalue weighted by Crippen LogP contribution is -2.45. The summed E-state index contributed by atoms with van der Waals surface area (Å²) in [6.45, 7) is 2.86. The van der Waals surface area contributed by atoms with Gasteiger partial charge in [-0.3, -0.25) is 9.59 Å². The van der Waals surface area contributed by atoms with E-state index in [1.165, 1.54) is 51.4 Å². The molecule has 1 N–H and O–H groups in total. The van der Waals surface area contributed by atoms with Crippen LogP contribution < -0.4 is 4.74 Å². The first kappa shape index (κ1) is 26.8. The maximum atomic E-state index is 14.1. The minimum Gasteiger partial charge on any atom is -0.496 e. The van der Waals surface area contributed by atoms with Crippen molar-refractivity contribution in [3.63, 3.8) is 0 Å². The minimum atomic E-state index is -0.136. The summed E-state index contributed by atoms with van der Waals surface area (Å²) in [5.74, 6) is 1.15. The van der Waals surface area contributed by atoms with Gasteiger partial charge >= 0.3 is 0 Å². The molecule has 2 aromatic carbocycles. The summed E-state index contributed by atoms with van der Waals surface area (Å²) in [5.41, 5.74) is 3.70. The van der Waals surface area contributed by atoms with Gasteiger partial charge < -0.3 is 14.6 Å². The summed E-state index contributed by atoms with van der Waals surface area (Å²) in [6, 6.07) is 11.0. The van der Waals surface area contributed by atoms with E-state index in [4.69, 9.17) is 16.3 Å². The van der Waals surface area contributed by atoms with Crippen LogP contribution in [0, 0.1) is 12.8 Å². The standard InChI is InChI=1S/C32H39ClN2O3/c1-21-26(19-29(36)35(25-11-7-4-8-12-25)20-22-9-5-3-6-10-22)30-27(34-21)17-18-28(38-2)31(30)32(37)23-13-15-24(33)16-14-23/h13-18,22,25,34H,3-12,19-20H2,1-2H3. The molecular formula is C32H39ClN2O3. The Kier molecular flexibility index (Phi) is 8.42. The molecular weight excluding hydrogens is 496 g/mol.